The number of hydrogen-bond acceptors (Lipinski definition) is 4. The largest absolute Gasteiger partial charge is 0.379 e. The van der Waals surface area contributed by atoms with Gasteiger partial charge in [0.25, 0.3) is 5.91 Å². The van der Waals surface area contributed by atoms with Gasteiger partial charge in [-0.25, -0.2) is 0 Å². The summed E-state index contributed by atoms with van der Waals surface area (Å²) in [5, 5.41) is 3.62. The van der Waals surface area contributed by atoms with E-state index in [4.69, 9.17) is 16.3 Å². The molecule has 2 rings (SSSR count). The molecule has 1 aliphatic rings. The van der Waals surface area contributed by atoms with Gasteiger partial charge >= 0.3 is 0 Å². The number of benzene rings is 1. The number of ether oxygens (including phenoxy) is 1. The molecule has 1 amide bonds. The number of hydrogen-bond donors (Lipinski definition) is 1. The van der Waals surface area contributed by atoms with Crippen LogP contribution in [0.5, 0.6) is 0 Å². The lowest BCUT2D eigenvalue weighted by molar-refractivity contribution is 0.00191. The van der Waals surface area contributed by atoms with Gasteiger partial charge in [-0.1, -0.05) is 38.3 Å². The highest BCUT2D eigenvalue weighted by atomic mass is 35.5. The monoisotopic (exact) mass is 384 g/mol. The average Bonchev–Trinajstić information content (AvgIpc) is 2.66. The van der Waals surface area contributed by atoms with E-state index in [1.807, 2.05) is 18.4 Å². The SMILES string of the molecule is CCC(CC)C(CNC(=O)c1cc(SC)ccc1Cl)N1CCOCC1. The Balaban J connectivity index is 2.07. The molecule has 25 heavy (non-hydrogen) atoms. The molecule has 1 fully saturated rings. The summed E-state index contributed by atoms with van der Waals surface area (Å²) < 4.78 is 5.48. The first kappa shape index (κ1) is 20.6. The van der Waals surface area contributed by atoms with Crippen LogP contribution >= 0.6 is 23.4 Å². The van der Waals surface area contributed by atoms with E-state index in [-0.39, 0.29) is 5.91 Å². The minimum atomic E-state index is -0.0925. The maximum atomic E-state index is 12.7. The predicted octanol–water partition coefficient (Wildman–Crippen LogP) is 3.93. The van der Waals surface area contributed by atoms with Crippen LogP contribution in [0.1, 0.15) is 37.0 Å². The zero-order valence-electron chi connectivity index (χ0n) is 15.4. The van der Waals surface area contributed by atoms with Crippen LogP contribution in [0.2, 0.25) is 5.02 Å². The van der Waals surface area contributed by atoms with Crippen molar-refractivity contribution in [2.24, 2.45) is 5.92 Å². The van der Waals surface area contributed by atoms with Crippen molar-refractivity contribution in [2.75, 3.05) is 39.1 Å². The van der Waals surface area contributed by atoms with E-state index in [9.17, 15) is 4.79 Å². The van der Waals surface area contributed by atoms with E-state index in [0.717, 1.165) is 44.0 Å². The normalized spacial score (nSPS) is 16.8. The van der Waals surface area contributed by atoms with Gasteiger partial charge in [0.1, 0.15) is 0 Å². The maximum Gasteiger partial charge on any atom is 0.252 e. The first-order valence-electron chi connectivity index (χ1n) is 9.04. The molecule has 0 spiro atoms. The molecule has 0 saturated carbocycles. The number of morpholine rings is 1. The van der Waals surface area contributed by atoms with Crippen molar-refractivity contribution in [3.63, 3.8) is 0 Å². The summed E-state index contributed by atoms with van der Waals surface area (Å²) in [6.45, 7) is 8.49. The summed E-state index contributed by atoms with van der Waals surface area (Å²) in [6.07, 6.45) is 4.21. The highest BCUT2D eigenvalue weighted by molar-refractivity contribution is 7.98. The molecule has 0 aliphatic carbocycles. The third-order valence-corrected chi connectivity index (χ3v) is 6.05. The molecule has 1 aliphatic heterocycles. The fourth-order valence-corrected chi connectivity index (χ4v) is 4.08. The molecule has 4 nitrogen and oxygen atoms in total. The second kappa shape index (κ2) is 10.4. The Hall–Kier alpha value is -0.750. The summed E-state index contributed by atoms with van der Waals surface area (Å²) in [4.78, 5) is 16.2. The second-order valence-corrected chi connectivity index (χ2v) is 7.63. The topological polar surface area (TPSA) is 41.6 Å². The summed E-state index contributed by atoms with van der Waals surface area (Å²) in [5.41, 5.74) is 0.554. The predicted molar refractivity (Wildman–Crippen MR) is 106 cm³/mol. The van der Waals surface area contributed by atoms with Crippen LogP contribution in [0, 0.1) is 5.92 Å². The van der Waals surface area contributed by atoms with E-state index in [0.29, 0.717) is 29.1 Å². The van der Waals surface area contributed by atoms with Crippen molar-refractivity contribution in [3.05, 3.63) is 28.8 Å². The number of rotatable bonds is 8. The van der Waals surface area contributed by atoms with Gasteiger partial charge in [-0.2, -0.15) is 0 Å². The minimum Gasteiger partial charge on any atom is -0.379 e. The van der Waals surface area contributed by atoms with Gasteiger partial charge in [0.2, 0.25) is 0 Å². The van der Waals surface area contributed by atoms with Gasteiger partial charge < -0.3 is 10.1 Å². The Morgan fingerprint density at radius 1 is 1.32 bits per heavy atom. The van der Waals surface area contributed by atoms with Gasteiger partial charge in [0.15, 0.2) is 0 Å². The fourth-order valence-electron chi connectivity index (χ4n) is 3.43. The molecule has 0 radical (unpaired) electrons. The zero-order chi connectivity index (χ0) is 18.2. The molecule has 6 heteroatoms. The van der Waals surface area contributed by atoms with Crippen LogP contribution in [0.3, 0.4) is 0 Å². The quantitative estimate of drug-likeness (QED) is 0.689. The number of thioether (sulfide) groups is 1. The highest BCUT2D eigenvalue weighted by Gasteiger charge is 2.27. The Bertz CT molecular complexity index is 560. The third-order valence-electron chi connectivity index (χ3n) is 5.00. The molecule has 1 saturated heterocycles. The number of nitrogens with zero attached hydrogens (tertiary/aromatic N) is 1. The minimum absolute atomic E-state index is 0.0925. The number of carbonyl (C=O) groups excluding carboxylic acids is 1. The number of halogens is 1. The van der Waals surface area contributed by atoms with Gasteiger partial charge in [0.05, 0.1) is 23.8 Å². The number of carbonyl (C=O) groups is 1. The fraction of sp³-hybridized carbons (Fsp3) is 0.632. The number of nitrogens with one attached hydrogen (secondary N) is 1. The Morgan fingerprint density at radius 3 is 2.60 bits per heavy atom. The smallest absolute Gasteiger partial charge is 0.252 e. The highest BCUT2D eigenvalue weighted by Crippen LogP contribution is 2.24. The van der Waals surface area contributed by atoms with Crippen LogP contribution in [-0.4, -0.2) is 56.0 Å². The molecule has 1 unspecified atom stereocenters. The summed E-state index contributed by atoms with van der Waals surface area (Å²) >= 11 is 7.84. The van der Waals surface area contributed by atoms with Crippen molar-refractivity contribution in [1.29, 1.82) is 0 Å². The molecular weight excluding hydrogens is 356 g/mol. The summed E-state index contributed by atoms with van der Waals surface area (Å²) in [7, 11) is 0. The van der Waals surface area contributed by atoms with E-state index >= 15 is 0 Å². The lowest BCUT2D eigenvalue weighted by Crippen LogP contribution is -2.52. The molecule has 0 aromatic heterocycles. The third kappa shape index (κ3) is 5.61. The van der Waals surface area contributed by atoms with Crippen molar-refractivity contribution >= 4 is 29.3 Å². The molecule has 1 aromatic rings. The van der Waals surface area contributed by atoms with Gasteiger partial charge in [0, 0.05) is 30.6 Å². The Labute approximate surface area is 160 Å². The Kier molecular flexibility index (Phi) is 8.56. The number of amides is 1. The molecular formula is C19H29ClN2O2S. The van der Waals surface area contributed by atoms with Crippen molar-refractivity contribution < 1.29 is 9.53 Å². The molecule has 140 valence electrons. The molecule has 1 heterocycles. The van der Waals surface area contributed by atoms with Crippen LogP contribution < -0.4 is 5.32 Å². The first-order valence-corrected chi connectivity index (χ1v) is 10.6. The van der Waals surface area contributed by atoms with Crippen molar-refractivity contribution in [3.8, 4) is 0 Å². The van der Waals surface area contributed by atoms with Crippen LogP contribution in [0.4, 0.5) is 0 Å². The summed E-state index contributed by atoms with van der Waals surface area (Å²) in [6, 6.07) is 5.93. The van der Waals surface area contributed by atoms with E-state index in [1.54, 1.807) is 17.8 Å². The molecule has 0 bridgehead atoms. The average molecular weight is 385 g/mol. The first-order chi connectivity index (χ1) is 12.1. The Morgan fingerprint density at radius 2 is 2.00 bits per heavy atom. The van der Waals surface area contributed by atoms with Crippen LogP contribution in [0.25, 0.3) is 0 Å². The lowest BCUT2D eigenvalue weighted by atomic mass is 9.92. The molecule has 1 N–H and O–H groups in total. The molecule has 1 atom stereocenters. The molecule has 1 aromatic carbocycles. The van der Waals surface area contributed by atoms with Crippen LogP contribution in [-0.2, 0) is 4.74 Å². The van der Waals surface area contributed by atoms with Gasteiger partial charge in [-0.3, -0.25) is 9.69 Å². The standard InChI is InChI=1S/C19H29ClN2O2S/c1-4-14(5-2)18(22-8-10-24-11-9-22)13-21-19(23)16-12-15(25-3)6-7-17(16)20/h6-7,12,14,18H,4-5,8-11,13H2,1-3H3,(H,21,23). The van der Waals surface area contributed by atoms with Gasteiger partial charge in [-0.15, -0.1) is 11.8 Å². The zero-order valence-corrected chi connectivity index (χ0v) is 17.0. The van der Waals surface area contributed by atoms with Crippen LogP contribution in [0.15, 0.2) is 23.1 Å². The second-order valence-electron chi connectivity index (χ2n) is 6.35. The lowest BCUT2D eigenvalue weighted by Gasteiger charge is -2.38. The van der Waals surface area contributed by atoms with E-state index in [2.05, 4.69) is 24.1 Å². The van der Waals surface area contributed by atoms with Crippen molar-refractivity contribution in [1.82, 2.24) is 10.2 Å². The van der Waals surface area contributed by atoms with E-state index in [1.165, 1.54) is 0 Å². The van der Waals surface area contributed by atoms with Crippen molar-refractivity contribution in [2.45, 2.75) is 37.6 Å². The summed E-state index contributed by atoms with van der Waals surface area (Å²) in [5.74, 6) is 0.469. The van der Waals surface area contributed by atoms with Gasteiger partial charge in [-0.05, 0) is 30.4 Å². The maximum absolute atomic E-state index is 12.7. The van der Waals surface area contributed by atoms with E-state index < -0.39 is 0 Å².